The predicted octanol–water partition coefficient (Wildman–Crippen LogP) is 10.6. The highest BCUT2D eigenvalue weighted by molar-refractivity contribution is 5.07. The van der Waals surface area contributed by atoms with Crippen LogP contribution in [0.2, 0.25) is 0 Å². The van der Waals surface area contributed by atoms with Crippen molar-refractivity contribution in [2.24, 2.45) is 88.8 Å². The summed E-state index contributed by atoms with van der Waals surface area (Å²) in [5.74, 6) is 15.0. The molecular formula is C45H75N3. The minimum absolute atomic E-state index is 0.548. The van der Waals surface area contributed by atoms with E-state index in [1.807, 2.05) is 0 Å². The molecule has 15 unspecified atom stereocenters. The van der Waals surface area contributed by atoms with E-state index in [2.05, 4.69) is 16.0 Å². The first-order valence-electron chi connectivity index (χ1n) is 23.1. The average molecular weight is 658 g/mol. The molecule has 3 nitrogen and oxygen atoms in total. The quantitative estimate of drug-likeness (QED) is 0.283. The van der Waals surface area contributed by atoms with Gasteiger partial charge in [0.15, 0.2) is 0 Å². The Balaban J connectivity index is 0.985. The van der Waals surface area contributed by atoms with Crippen LogP contribution >= 0.6 is 0 Å². The number of hydrogen-bond acceptors (Lipinski definition) is 3. The van der Waals surface area contributed by atoms with Crippen LogP contribution in [-0.2, 0) is 0 Å². The molecule has 15 atom stereocenters. The monoisotopic (exact) mass is 658 g/mol. The molecule has 48 heavy (non-hydrogen) atoms. The molecule has 1 saturated heterocycles. The van der Waals surface area contributed by atoms with Crippen LogP contribution in [0, 0.1) is 88.8 Å². The molecule has 0 aromatic rings. The lowest BCUT2D eigenvalue weighted by Gasteiger charge is -2.60. The van der Waals surface area contributed by atoms with Gasteiger partial charge in [0.2, 0.25) is 0 Å². The van der Waals surface area contributed by atoms with Gasteiger partial charge in [-0.05, 0) is 166 Å². The maximum atomic E-state index is 4.63. The zero-order valence-electron chi connectivity index (χ0n) is 31.0. The van der Waals surface area contributed by atoms with Crippen molar-refractivity contribution in [3.8, 4) is 0 Å². The lowest BCUT2D eigenvalue weighted by atomic mass is 9.52. The summed E-state index contributed by atoms with van der Waals surface area (Å²) in [4.78, 5) is 0. The molecule has 0 amide bonds. The minimum Gasteiger partial charge on any atom is -0.286 e. The third-order valence-electron chi connectivity index (χ3n) is 18.9. The van der Waals surface area contributed by atoms with Crippen molar-refractivity contribution in [3.63, 3.8) is 0 Å². The second-order valence-electron chi connectivity index (χ2n) is 20.6. The fourth-order valence-corrected chi connectivity index (χ4v) is 17.2. The van der Waals surface area contributed by atoms with E-state index in [1.165, 1.54) is 96.3 Å². The summed E-state index contributed by atoms with van der Waals surface area (Å²) in [7, 11) is 0. The summed E-state index contributed by atoms with van der Waals surface area (Å²) < 4.78 is 0. The van der Waals surface area contributed by atoms with Gasteiger partial charge >= 0.3 is 0 Å². The molecule has 0 bridgehead atoms. The minimum atomic E-state index is 0.548. The molecule has 3 heteroatoms. The van der Waals surface area contributed by atoms with Crippen molar-refractivity contribution in [3.05, 3.63) is 0 Å². The molecular weight excluding hydrogens is 583 g/mol. The zero-order valence-corrected chi connectivity index (χ0v) is 31.0. The Morgan fingerprint density at radius 2 is 0.417 bits per heavy atom. The second kappa shape index (κ2) is 14.0. The highest BCUT2D eigenvalue weighted by Gasteiger charge is 2.55. The first kappa shape index (κ1) is 32.5. The van der Waals surface area contributed by atoms with E-state index in [4.69, 9.17) is 0 Å². The molecule has 10 rings (SSSR count). The Morgan fingerprint density at radius 3 is 0.688 bits per heavy atom. The average Bonchev–Trinajstić information content (AvgIpc) is 3.16. The molecule has 270 valence electrons. The van der Waals surface area contributed by atoms with Crippen molar-refractivity contribution in [1.82, 2.24) is 16.0 Å². The number of nitrogens with one attached hydrogen (secondary N) is 3. The van der Waals surface area contributed by atoms with Gasteiger partial charge in [0.25, 0.3) is 0 Å². The molecule has 10 aliphatic rings. The van der Waals surface area contributed by atoms with Gasteiger partial charge in [-0.1, -0.05) is 96.3 Å². The maximum Gasteiger partial charge on any atom is 0.0627 e. The van der Waals surface area contributed by atoms with Gasteiger partial charge in [-0.15, -0.1) is 0 Å². The summed E-state index contributed by atoms with van der Waals surface area (Å²) in [6, 6.07) is 0. The predicted molar refractivity (Wildman–Crippen MR) is 198 cm³/mol. The normalized spacial score (nSPS) is 55.5. The van der Waals surface area contributed by atoms with Crippen LogP contribution in [0.15, 0.2) is 0 Å². The SMILES string of the molecule is C1CCC2C(C1)CC(C1NC(C3CC4CCCCC4C4CCCCC34)NC(C3CC4CCCCC4C4CCCCC34)N1)C1CCCCC21. The molecule has 9 aliphatic carbocycles. The fourth-order valence-electron chi connectivity index (χ4n) is 17.2. The number of fused-ring (bicyclic) bond motifs is 9. The Bertz CT molecular complexity index is 951. The Kier molecular flexibility index (Phi) is 9.50. The summed E-state index contributed by atoms with van der Waals surface area (Å²) in [6.07, 6.45) is 43.2. The standard InChI is InChI=1S/C45H75N3/c1-4-16-31-28(13-1)25-40(37-22-10-7-19-34(31)37)43-46-44(41-26-29-14-2-5-17-32(29)35-20-8-11-23-38(35)41)48-45(47-43)42-27-30-15-3-6-18-33(30)36-21-9-12-24-39(36)42/h28-48H,1-27H2. The Hall–Kier alpha value is -0.120. The highest BCUT2D eigenvalue weighted by atomic mass is 15.4. The van der Waals surface area contributed by atoms with Crippen LogP contribution < -0.4 is 16.0 Å². The highest BCUT2D eigenvalue weighted by Crippen LogP contribution is 2.58. The van der Waals surface area contributed by atoms with Crippen LogP contribution in [0.25, 0.3) is 0 Å². The summed E-state index contributed by atoms with van der Waals surface area (Å²) in [5.41, 5.74) is 0. The van der Waals surface area contributed by atoms with E-state index < -0.39 is 0 Å². The molecule has 0 aromatic carbocycles. The Labute approximate surface area is 295 Å². The van der Waals surface area contributed by atoms with Gasteiger partial charge in [-0.25, -0.2) is 0 Å². The lowest BCUT2D eigenvalue weighted by Crippen LogP contribution is -2.75. The molecule has 0 aromatic heterocycles. The molecule has 10 fully saturated rings. The third kappa shape index (κ3) is 5.83. The van der Waals surface area contributed by atoms with E-state index in [9.17, 15) is 0 Å². The summed E-state index contributed by atoms with van der Waals surface area (Å²) in [5, 5.41) is 13.9. The number of rotatable bonds is 3. The van der Waals surface area contributed by atoms with Crippen LogP contribution in [0.5, 0.6) is 0 Å². The van der Waals surface area contributed by atoms with Crippen LogP contribution in [0.1, 0.15) is 173 Å². The van der Waals surface area contributed by atoms with Gasteiger partial charge in [-0.2, -0.15) is 0 Å². The van der Waals surface area contributed by atoms with Gasteiger partial charge in [0.05, 0.1) is 18.5 Å². The van der Waals surface area contributed by atoms with Crippen molar-refractivity contribution in [2.45, 2.75) is 192 Å². The topological polar surface area (TPSA) is 36.1 Å². The third-order valence-corrected chi connectivity index (χ3v) is 18.9. The van der Waals surface area contributed by atoms with E-state index in [0.29, 0.717) is 18.5 Å². The van der Waals surface area contributed by atoms with Gasteiger partial charge in [-0.3, -0.25) is 16.0 Å². The second-order valence-corrected chi connectivity index (χ2v) is 20.6. The van der Waals surface area contributed by atoms with Gasteiger partial charge in [0.1, 0.15) is 0 Å². The van der Waals surface area contributed by atoms with Gasteiger partial charge in [0, 0.05) is 0 Å². The first-order valence-corrected chi connectivity index (χ1v) is 23.1. The largest absolute Gasteiger partial charge is 0.286 e. The van der Waals surface area contributed by atoms with Crippen molar-refractivity contribution in [1.29, 1.82) is 0 Å². The van der Waals surface area contributed by atoms with Crippen molar-refractivity contribution >= 4 is 0 Å². The summed E-state index contributed by atoms with van der Waals surface area (Å²) in [6.45, 7) is 0. The van der Waals surface area contributed by atoms with Crippen LogP contribution in [0.3, 0.4) is 0 Å². The molecule has 9 saturated carbocycles. The molecule has 3 N–H and O–H groups in total. The lowest BCUT2D eigenvalue weighted by molar-refractivity contribution is -0.0871. The molecule has 1 heterocycles. The van der Waals surface area contributed by atoms with E-state index in [1.54, 1.807) is 77.0 Å². The molecule has 0 spiro atoms. The van der Waals surface area contributed by atoms with Crippen molar-refractivity contribution in [2.75, 3.05) is 0 Å². The van der Waals surface area contributed by atoms with Crippen molar-refractivity contribution < 1.29 is 0 Å². The fraction of sp³-hybridized carbons (Fsp3) is 1.00. The smallest absolute Gasteiger partial charge is 0.0627 e. The zero-order chi connectivity index (χ0) is 31.6. The first-order chi connectivity index (χ1) is 23.8. The van der Waals surface area contributed by atoms with Crippen LogP contribution in [0.4, 0.5) is 0 Å². The maximum absolute atomic E-state index is 4.63. The number of hydrogen-bond donors (Lipinski definition) is 3. The van der Waals surface area contributed by atoms with Gasteiger partial charge < -0.3 is 0 Å². The molecule has 1 aliphatic heterocycles. The van der Waals surface area contributed by atoms with E-state index >= 15 is 0 Å². The summed E-state index contributed by atoms with van der Waals surface area (Å²) >= 11 is 0. The Morgan fingerprint density at radius 1 is 0.208 bits per heavy atom. The van der Waals surface area contributed by atoms with Crippen LogP contribution in [-0.4, -0.2) is 18.5 Å². The molecule has 0 radical (unpaired) electrons. The van der Waals surface area contributed by atoms with E-state index in [0.717, 1.165) is 88.8 Å². The van der Waals surface area contributed by atoms with E-state index in [-0.39, 0.29) is 0 Å².